The average molecular weight is 271 g/mol. The maximum atomic E-state index is 12.3. The number of benzene rings is 1. The first kappa shape index (κ1) is 14.4. The van der Waals surface area contributed by atoms with Gasteiger partial charge < -0.3 is 4.90 Å². The molecular formula is C16H21N3O. The van der Waals surface area contributed by atoms with Gasteiger partial charge >= 0.3 is 6.03 Å². The van der Waals surface area contributed by atoms with Gasteiger partial charge in [0.1, 0.15) is 0 Å². The van der Waals surface area contributed by atoms with E-state index in [-0.39, 0.29) is 11.4 Å². The minimum absolute atomic E-state index is 0.0402. The number of carbonyl (C=O) groups excluding carboxylic acids is 1. The maximum absolute atomic E-state index is 12.3. The third kappa shape index (κ3) is 2.93. The van der Waals surface area contributed by atoms with Gasteiger partial charge in [-0.25, -0.2) is 4.79 Å². The molecule has 0 unspecified atom stereocenters. The lowest BCUT2D eigenvalue weighted by Gasteiger charge is -2.35. The Morgan fingerprint density at radius 2 is 2.05 bits per heavy atom. The van der Waals surface area contributed by atoms with E-state index < -0.39 is 0 Å². The molecule has 1 aliphatic heterocycles. The van der Waals surface area contributed by atoms with Crippen LogP contribution >= 0.6 is 0 Å². The van der Waals surface area contributed by atoms with Crippen molar-refractivity contribution < 1.29 is 4.79 Å². The third-order valence-corrected chi connectivity index (χ3v) is 3.73. The van der Waals surface area contributed by atoms with Crippen LogP contribution in [-0.4, -0.2) is 24.5 Å². The van der Waals surface area contributed by atoms with Crippen molar-refractivity contribution in [1.29, 1.82) is 5.26 Å². The number of urea groups is 1. The van der Waals surface area contributed by atoms with Crippen molar-refractivity contribution in [2.24, 2.45) is 5.41 Å². The number of amides is 2. The molecule has 4 heteroatoms. The van der Waals surface area contributed by atoms with Crippen molar-refractivity contribution in [2.45, 2.75) is 33.2 Å². The summed E-state index contributed by atoms with van der Waals surface area (Å²) in [5.41, 5.74) is 1.85. The maximum Gasteiger partial charge on any atom is 0.324 e. The van der Waals surface area contributed by atoms with Crippen LogP contribution in [0.4, 0.5) is 10.5 Å². The van der Waals surface area contributed by atoms with Gasteiger partial charge in [0, 0.05) is 20.1 Å². The van der Waals surface area contributed by atoms with E-state index in [1.807, 2.05) is 44.0 Å². The molecule has 0 bridgehead atoms. The molecule has 1 aromatic rings. The Morgan fingerprint density at radius 1 is 1.35 bits per heavy atom. The molecule has 0 aliphatic carbocycles. The van der Waals surface area contributed by atoms with Crippen molar-refractivity contribution in [3.05, 3.63) is 29.8 Å². The van der Waals surface area contributed by atoms with Crippen molar-refractivity contribution in [2.75, 3.05) is 18.5 Å². The zero-order valence-electron chi connectivity index (χ0n) is 12.4. The van der Waals surface area contributed by atoms with Crippen LogP contribution in [0.1, 0.15) is 32.3 Å². The van der Waals surface area contributed by atoms with Crippen LogP contribution in [0.3, 0.4) is 0 Å². The highest BCUT2D eigenvalue weighted by molar-refractivity contribution is 5.94. The summed E-state index contributed by atoms with van der Waals surface area (Å²) in [6.07, 6.45) is 1.62. The molecule has 0 spiro atoms. The first-order valence-electron chi connectivity index (χ1n) is 6.96. The Kier molecular flexibility index (Phi) is 3.99. The van der Waals surface area contributed by atoms with Crippen LogP contribution in [0.15, 0.2) is 24.3 Å². The largest absolute Gasteiger partial charge is 0.324 e. The van der Waals surface area contributed by atoms with E-state index in [2.05, 4.69) is 12.1 Å². The van der Waals surface area contributed by atoms with Gasteiger partial charge in [0.25, 0.3) is 0 Å². The molecule has 2 amide bonds. The fourth-order valence-corrected chi connectivity index (χ4v) is 2.49. The molecule has 0 fully saturated rings. The summed E-state index contributed by atoms with van der Waals surface area (Å²) >= 11 is 0. The van der Waals surface area contributed by atoms with E-state index in [0.717, 1.165) is 18.5 Å². The van der Waals surface area contributed by atoms with E-state index >= 15 is 0 Å². The predicted molar refractivity (Wildman–Crippen MR) is 79.3 cm³/mol. The molecule has 0 aromatic heterocycles. The Morgan fingerprint density at radius 3 is 2.75 bits per heavy atom. The van der Waals surface area contributed by atoms with E-state index in [1.165, 1.54) is 5.56 Å². The standard InChI is InChI=1S/C16H21N3O/c1-16(2,12-17)9-6-10-19-14-8-5-4-7-13(14)11-18(3)15(19)20/h4-5,7-8H,6,9-11H2,1-3H3. The van der Waals surface area contributed by atoms with Gasteiger partial charge in [-0.05, 0) is 38.3 Å². The zero-order valence-corrected chi connectivity index (χ0v) is 12.4. The Bertz CT molecular complexity index is 545. The topological polar surface area (TPSA) is 47.3 Å². The molecule has 2 rings (SSSR count). The molecule has 0 atom stereocenters. The molecule has 0 saturated carbocycles. The molecular weight excluding hydrogens is 250 g/mol. The molecule has 1 aliphatic rings. The lowest BCUT2D eigenvalue weighted by Crippen LogP contribution is -2.45. The van der Waals surface area contributed by atoms with Gasteiger partial charge in [-0.1, -0.05) is 18.2 Å². The summed E-state index contributed by atoms with van der Waals surface area (Å²) in [5, 5.41) is 9.04. The molecule has 1 heterocycles. The molecule has 0 N–H and O–H groups in total. The fourth-order valence-electron chi connectivity index (χ4n) is 2.49. The monoisotopic (exact) mass is 271 g/mol. The second-order valence-corrected chi connectivity index (χ2v) is 6.02. The van der Waals surface area contributed by atoms with E-state index in [0.29, 0.717) is 13.1 Å². The van der Waals surface area contributed by atoms with Crippen LogP contribution in [0, 0.1) is 16.7 Å². The van der Waals surface area contributed by atoms with Gasteiger partial charge in [-0.15, -0.1) is 0 Å². The Labute approximate surface area is 120 Å². The Hall–Kier alpha value is -2.02. The molecule has 0 radical (unpaired) electrons. The van der Waals surface area contributed by atoms with Crippen LogP contribution in [0.25, 0.3) is 0 Å². The lowest BCUT2D eigenvalue weighted by molar-refractivity contribution is 0.210. The highest BCUT2D eigenvalue weighted by Gasteiger charge is 2.27. The minimum atomic E-state index is -0.329. The number of hydrogen-bond donors (Lipinski definition) is 0. The van der Waals surface area contributed by atoms with Crippen LogP contribution in [-0.2, 0) is 6.54 Å². The van der Waals surface area contributed by atoms with Crippen molar-refractivity contribution in [3.63, 3.8) is 0 Å². The van der Waals surface area contributed by atoms with Crippen molar-refractivity contribution in [3.8, 4) is 6.07 Å². The molecule has 20 heavy (non-hydrogen) atoms. The van der Waals surface area contributed by atoms with Gasteiger partial charge in [0.05, 0.1) is 17.2 Å². The number of fused-ring (bicyclic) bond motifs is 1. The quantitative estimate of drug-likeness (QED) is 0.842. The predicted octanol–water partition coefficient (Wildman–Crippen LogP) is 3.39. The first-order valence-corrected chi connectivity index (χ1v) is 6.96. The molecule has 106 valence electrons. The highest BCUT2D eigenvalue weighted by atomic mass is 16.2. The van der Waals surface area contributed by atoms with Gasteiger partial charge in [-0.2, -0.15) is 5.26 Å². The van der Waals surface area contributed by atoms with Crippen molar-refractivity contribution in [1.82, 2.24) is 4.90 Å². The number of para-hydroxylation sites is 1. The van der Waals surface area contributed by atoms with E-state index in [9.17, 15) is 4.79 Å². The number of nitrogens with zero attached hydrogens (tertiary/aromatic N) is 3. The van der Waals surface area contributed by atoms with Crippen molar-refractivity contribution >= 4 is 11.7 Å². The second kappa shape index (κ2) is 5.54. The number of anilines is 1. The van der Waals surface area contributed by atoms with Gasteiger partial charge in [-0.3, -0.25) is 4.90 Å². The average Bonchev–Trinajstić information content (AvgIpc) is 2.43. The fraction of sp³-hybridized carbons (Fsp3) is 0.500. The molecule has 0 saturated heterocycles. The SMILES string of the molecule is CN1Cc2ccccc2N(CCCC(C)(C)C#N)C1=O. The minimum Gasteiger partial charge on any atom is -0.323 e. The summed E-state index contributed by atoms with van der Waals surface area (Å²) in [6.45, 7) is 5.19. The number of rotatable bonds is 4. The van der Waals surface area contributed by atoms with Crippen LogP contribution in [0.2, 0.25) is 0 Å². The third-order valence-electron chi connectivity index (χ3n) is 3.73. The normalized spacial score (nSPS) is 15.0. The summed E-state index contributed by atoms with van der Waals surface area (Å²) in [6, 6.07) is 10.4. The second-order valence-electron chi connectivity index (χ2n) is 6.02. The summed E-state index contributed by atoms with van der Waals surface area (Å²) in [4.78, 5) is 15.9. The number of nitriles is 1. The van der Waals surface area contributed by atoms with Crippen LogP contribution in [0.5, 0.6) is 0 Å². The van der Waals surface area contributed by atoms with Gasteiger partial charge in [0.15, 0.2) is 0 Å². The van der Waals surface area contributed by atoms with Crippen LogP contribution < -0.4 is 4.90 Å². The van der Waals surface area contributed by atoms with E-state index in [1.54, 1.807) is 4.90 Å². The summed E-state index contributed by atoms with van der Waals surface area (Å²) in [7, 11) is 1.82. The molecule has 4 nitrogen and oxygen atoms in total. The summed E-state index contributed by atoms with van der Waals surface area (Å²) < 4.78 is 0. The number of hydrogen-bond acceptors (Lipinski definition) is 2. The highest BCUT2D eigenvalue weighted by Crippen LogP contribution is 2.29. The molecule has 1 aromatic carbocycles. The van der Waals surface area contributed by atoms with Gasteiger partial charge in [0.2, 0.25) is 0 Å². The number of carbonyl (C=O) groups is 1. The lowest BCUT2D eigenvalue weighted by atomic mass is 9.89. The Balaban J connectivity index is 2.11. The zero-order chi connectivity index (χ0) is 14.8. The summed E-state index contributed by atoms with van der Waals surface area (Å²) in [5.74, 6) is 0. The first-order chi connectivity index (χ1) is 9.44. The smallest absolute Gasteiger partial charge is 0.323 e. The van der Waals surface area contributed by atoms with E-state index in [4.69, 9.17) is 5.26 Å².